The maximum absolute atomic E-state index is 12.2. The minimum atomic E-state index is -0.107. The summed E-state index contributed by atoms with van der Waals surface area (Å²) in [6.45, 7) is 0.558. The van der Waals surface area contributed by atoms with Gasteiger partial charge >= 0.3 is 0 Å². The van der Waals surface area contributed by atoms with E-state index in [9.17, 15) is 4.79 Å². The van der Waals surface area contributed by atoms with Crippen molar-refractivity contribution in [3.8, 4) is 0 Å². The third kappa shape index (κ3) is 3.61. The first-order chi connectivity index (χ1) is 13.6. The zero-order valence-electron chi connectivity index (χ0n) is 16.7. The first kappa shape index (κ1) is 18.5. The molecular weight excluding hydrogens is 348 g/mol. The quantitative estimate of drug-likeness (QED) is 0.828. The van der Waals surface area contributed by atoms with Crippen LogP contribution in [0.5, 0.6) is 0 Å². The molecule has 0 atom stereocenters. The van der Waals surface area contributed by atoms with E-state index in [1.165, 1.54) is 19.3 Å². The Morgan fingerprint density at radius 2 is 1.79 bits per heavy atom. The van der Waals surface area contributed by atoms with Crippen molar-refractivity contribution in [3.05, 3.63) is 59.7 Å². The number of carbonyl (C=O) groups is 1. The van der Waals surface area contributed by atoms with Gasteiger partial charge in [-0.15, -0.1) is 0 Å². The van der Waals surface area contributed by atoms with Gasteiger partial charge in [0, 0.05) is 19.7 Å². The Balaban J connectivity index is 1.62. The molecule has 0 bridgehead atoms. The zero-order chi connectivity index (χ0) is 19.6. The molecule has 1 saturated carbocycles. The molecule has 1 fully saturated rings. The van der Waals surface area contributed by atoms with Crippen molar-refractivity contribution in [2.75, 3.05) is 24.7 Å². The summed E-state index contributed by atoms with van der Waals surface area (Å²) in [4.78, 5) is 18.8. The highest BCUT2D eigenvalue weighted by molar-refractivity contribution is 6.09. The number of hydrogen-bond acceptors (Lipinski definition) is 3. The molecule has 2 N–H and O–H groups in total. The van der Waals surface area contributed by atoms with E-state index in [1.54, 1.807) is 19.0 Å². The average Bonchev–Trinajstić information content (AvgIpc) is 2.72. The Kier molecular flexibility index (Phi) is 5.07. The molecule has 2 aromatic carbocycles. The van der Waals surface area contributed by atoms with Gasteiger partial charge in [0.15, 0.2) is 0 Å². The summed E-state index contributed by atoms with van der Waals surface area (Å²) in [6.07, 6.45) is 5.89. The van der Waals surface area contributed by atoms with Gasteiger partial charge in [-0.3, -0.25) is 9.79 Å². The molecule has 28 heavy (non-hydrogen) atoms. The minimum Gasteiger partial charge on any atom is -0.371 e. The second-order valence-electron chi connectivity index (χ2n) is 8.00. The molecule has 5 nitrogen and oxygen atoms in total. The van der Waals surface area contributed by atoms with Crippen molar-refractivity contribution in [1.29, 1.82) is 0 Å². The van der Waals surface area contributed by atoms with Crippen LogP contribution in [0.15, 0.2) is 53.5 Å². The van der Waals surface area contributed by atoms with Crippen molar-refractivity contribution in [1.82, 2.24) is 4.90 Å². The summed E-state index contributed by atoms with van der Waals surface area (Å²) < 4.78 is 0. The second kappa shape index (κ2) is 7.66. The van der Waals surface area contributed by atoms with Crippen molar-refractivity contribution < 1.29 is 4.79 Å². The van der Waals surface area contributed by atoms with Crippen molar-refractivity contribution in [2.45, 2.75) is 44.2 Å². The molecule has 2 aliphatic rings. The molecule has 1 aliphatic carbocycles. The second-order valence-corrected chi connectivity index (χ2v) is 8.00. The average molecular weight is 377 g/mol. The SMILES string of the molecule is CN(C)C(=O)c1cccc(CN=C2Nc3ccccc3NC23CCCCC3)c1. The highest BCUT2D eigenvalue weighted by Gasteiger charge is 2.40. The van der Waals surface area contributed by atoms with Crippen molar-refractivity contribution in [3.63, 3.8) is 0 Å². The molecule has 0 saturated heterocycles. The van der Waals surface area contributed by atoms with Gasteiger partial charge in [-0.05, 0) is 42.7 Å². The lowest BCUT2D eigenvalue weighted by molar-refractivity contribution is 0.0827. The molecule has 5 heteroatoms. The molecule has 4 rings (SSSR count). The van der Waals surface area contributed by atoms with Crippen LogP contribution in [-0.4, -0.2) is 36.3 Å². The minimum absolute atomic E-state index is 0.0182. The Hall–Kier alpha value is -2.82. The third-order valence-electron chi connectivity index (χ3n) is 5.71. The molecule has 146 valence electrons. The molecular formula is C23H28N4O. The third-order valence-corrected chi connectivity index (χ3v) is 5.71. The summed E-state index contributed by atoms with van der Waals surface area (Å²) in [5, 5.41) is 7.38. The van der Waals surface area contributed by atoms with Crippen LogP contribution in [0.3, 0.4) is 0 Å². The predicted octanol–water partition coefficient (Wildman–Crippen LogP) is 4.53. The number of amides is 1. The molecule has 0 unspecified atom stereocenters. The standard InChI is InChI=1S/C23H28N4O/c1-27(2)21(28)18-10-8-9-17(15-18)16-24-22-23(13-6-3-7-14-23)26-20-12-5-4-11-19(20)25-22/h4-5,8-12,15,26H,3,6-7,13-14,16H2,1-2H3,(H,24,25). The van der Waals surface area contributed by atoms with Crippen LogP contribution in [0.1, 0.15) is 48.0 Å². The Morgan fingerprint density at radius 3 is 2.54 bits per heavy atom. The fourth-order valence-electron chi connectivity index (χ4n) is 4.20. The molecule has 1 amide bonds. The summed E-state index contributed by atoms with van der Waals surface area (Å²) in [5.41, 5.74) is 3.88. The molecule has 1 aliphatic heterocycles. The van der Waals surface area contributed by atoms with Gasteiger partial charge in [0.1, 0.15) is 5.84 Å². The van der Waals surface area contributed by atoms with Gasteiger partial charge < -0.3 is 15.5 Å². The Morgan fingerprint density at radius 1 is 1.04 bits per heavy atom. The van der Waals surface area contributed by atoms with Gasteiger partial charge in [0.05, 0.1) is 23.5 Å². The van der Waals surface area contributed by atoms with Crippen LogP contribution in [0.2, 0.25) is 0 Å². The predicted molar refractivity (Wildman–Crippen MR) is 115 cm³/mol. The lowest BCUT2D eigenvalue weighted by Crippen LogP contribution is -2.53. The van der Waals surface area contributed by atoms with Crippen LogP contribution in [-0.2, 0) is 6.54 Å². The van der Waals surface area contributed by atoms with Gasteiger partial charge in [-0.2, -0.15) is 0 Å². The first-order valence-electron chi connectivity index (χ1n) is 10.1. The molecule has 1 heterocycles. The number of nitrogens with zero attached hydrogens (tertiary/aromatic N) is 2. The van der Waals surface area contributed by atoms with E-state index < -0.39 is 0 Å². The summed E-state index contributed by atoms with van der Waals surface area (Å²) >= 11 is 0. The highest BCUT2D eigenvalue weighted by atomic mass is 16.2. The number of amidine groups is 1. The number of nitrogens with one attached hydrogen (secondary N) is 2. The number of fused-ring (bicyclic) bond motifs is 1. The van der Waals surface area contributed by atoms with Crippen LogP contribution in [0.25, 0.3) is 0 Å². The van der Waals surface area contributed by atoms with E-state index in [4.69, 9.17) is 4.99 Å². The van der Waals surface area contributed by atoms with Gasteiger partial charge in [0.25, 0.3) is 5.91 Å². The number of benzene rings is 2. The largest absolute Gasteiger partial charge is 0.371 e. The van der Waals surface area contributed by atoms with Gasteiger partial charge in [-0.1, -0.05) is 43.5 Å². The topological polar surface area (TPSA) is 56.7 Å². The summed E-state index contributed by atoms with van der Waals surface area (Å²) in [5.74, 6) is 1.04. The number of rotatable bonds is 3. The number of anilines is 2. The molecule has 0 aromatic heterocycles. The fraction of sp³-hybridized carbons (Fsp3) is 0.391. The number of hydrogen-bond donors (Lipinski definition) is 2. The maximum atomic E-state index is 12.2. The molecule has 2 aromatic rings. The van der Waals surface area contributed by atoms with E-state index in [0.29, 0.717) is 12.1 Å². The van der Waals surface area contributed by atoms with Crippen LogP contribution < -0.4 is 10.6 Å². The maximum Gasteiger partial charge on any atom is 0.253 e. The summed E-state index contributed by atoms with van der Waals surface area (Å²) in [7, 11) is 3.55. The van der Waals surface area contributed by atoms with E-state index in [2.05, 4.69) is 28.8 Å². The smallest absolute Gasteiger partial charge is 0.253 e. The number of aliphatic imine (C=N–C) groups is 1. The first-order valence-corrected chi connectivity index (χ1v) is 10.1. The lowest BCUT2D eigenvalue weighted by atomic mass is 9.79. The van der Waals surface area contributed by atoms with Crippen molar-refractivity contribution >= 4 is 23.1 Å². The monoisotopic (exact) mass is 376 g/mol. The molecule has 1 spiro atoms. The number of para-hydroxylation sites is 2. The zero-order valence-corrected chi connectivity index (χ0v) is 16.7. The van der Waals surface area contributed by atoms with Crippen molar-refractivity contribution in [2.24, 2.45) is 4.99 Å². The fourth-order valence-corrected chi connectivity index (χ4v) is 4.20. The Bertz CT molecular complexity index is 897. The van der Waals surface area contributed by atoms with E-state index in [0.717, 1.165) is 35.6 Å². The lowest BCUT2D eigenvalue weighted by Gasteiger charge is -2.44. The summed E-state index contributed by atoms with van der Waals surface area (Å²) in [6, 6.07) is 16.1. The van der Waals surface area contributed by atoms with E-state index in [-0.39, 0.29) is 11.4 Å². The van der Waals surface area contributed by atoms with Crippen LogP contribution >= 0.6 is 0 Å². The van der Waals surface area contributed by atoms with Crippen LogP contribution in [0.4, 0.5) is 11.4 Å². The van der Waals surface area contributed by atoms with Gasteiger partial charge in [-0.25, -0.2) is 0 Å². The van der Waals surface area contributed by atoms with Crippen LogP contribution in [0, 0.1) is 0 Å². The van der Waals surface area contributed by atoms with Gasteiger partial charge in [0.2, 0.25) is 0 Å². The van der Waals surface area contributed by atoms with E-state index >= 15 is 0 Å². The Labute approximate surface area is 166 Å². The number of carbonyl (C=O) groups excluding carboxylic acids is 1. The highest BCUT2D eigenvalue weighted by Crippen LogP contribution is 2.39. The van der Waals surface area contributed by atoms with E-state index in [1.807, 2.05) is 30.3 Å². The molecule has 0 radical (unpaired) electrons. The normalized spacial score (nSPS) is 18.9.